The van der Waals surface area contributed by atoms with Crippen molar-refractivity contribution in [2.75, 3.05) is 11.9 Å². The van der Waals surface area contributed by atoms with Gasteiger partial charge in [0.05, 0.1) is 14.8 Å². The molecule has 0 amide bonds. The third-order valence-electron chi connectivity index (χ3n) is 2.80. The highest BCUT2D eigenvalue weighted by atomic mass is 35.5. The highest BCUT2D eigenvalue weighted by Crippen LogP contribution is 2.41. The van der Waals surface area contributed by atoms with Crippen LogP contribution in [-0.4, -0.2) is 11.5 Å². The molecule has 0 aromatic heterocycles. The van der Waals surface area contributed by atoms with E-state index in [-0.39, 0.29) is 10.6 Å². The molecular weight excluding hydrogens is 308 g/mol. The fraction of sp³-hybridized carbons (Fsp3) is 0.200. The molecule has 21 heavy (non-hydrogen) atoms. The Hall–Kier alpha value is -1.72. The summed E-state index contributed by atoms with van der Waals surface area (Å²) in [6.07, 6.45) is 0.902. The lowest BCUT2D eigenvalue weighted by atomic mass is 10.2. The monoisotopic (exact) mass is 322 g/mol. The molecular formula is C15H15ClN2O2S. The predicted octanol–water partition coefficient (Wildman–Crippen LogP) is 5.22. The molecule has 0 bridgehead atoms. The Kier molecular flexibility index (Phi) is 5.47. The zero-order valence-electron chi connectivity index (χ0n) is 11.5. The number of para-hydroxylation sites is 1. The maximum atomic E-state index is 11.4. The van der Waals surface area contributed by atoms with Gasteiger partial charge >= 0.3 is 5.69 Å². The summed E-state index contributed by atoms with van der Waals surface area (Å²) in [4.78, 5) is 12.4. The molecule has 0 heterocycles. The Balaban J connectivity index is 2.39. The summed E-state index contributed by atoms with van der Waals surface area (Å²) in [6.45, 7) is 2.71. The minimum absolute atomic E-state index is 0.0934. The van der Waals surface area contributed by atoms with Crippen LogP contribution in [0.2, 0.25) is 5.02 Å². The van der Waals surface area contributed by atoms with Gasteiger partial charge in [-0.25, -0.2) is 0 Å². The van der Waals surface area contributed by atoms with Gasteiger partial charge in [0.15, 0.2) is 0 Å². The van der Waals surface area contributed by atoms with Gasteiger partial charge in [0.25, 0.3) is 0 Å². The molecule has 0 aliphatic heterocycles. The molecule has 2 rings (SSSR count). The van der Waals surface area contributed by atoms with Crippen molar-refractivity contribution in [1.82, 2.24) is 0 Å². The largest absolute Gasteiger partial charge is 0.379 e. The van der Waals surface area contributed by atoms with Gasteiger partial charge in [-0.2, -0.15) is 0 Å². The Labute approximate surface area is 132 Å². The molecule has 4 nitrogen and oxygen atoms in total. The fourth-order valence-electron chi connectivity index (χ4n) is 1.84. The number of rotatable bonds is 6. The fourth-order valence-corrected chi connectivity index (χ4v) is 3.07. The van der Waals surface area contributed by atoms with E-state index in [9.17, 15) is 10.1 Å². The summed E-state index contributed by atoms with van der Waals surface area (Å²) in [6, 6.07) is 12.6. The maximum absolute atomic E-state index is 11.4. The molecule has 0 unspecified atom stereocenters. The first-order valence-electron chi connectivity index (χ1n) is 6.57. The van der Waals surface area contributed by atoms with Gasteiger partial charge in [0.2, 0.25) is 0 Å². The number of anilines is 1. The first-order valence-corrected chi connectivity index (χ1v) is 7.76. The smallest absolute Gasteiger partial charge is 0.306 e. The predicted molar refractivity (Wildman–Crippen MR) is 87.5 cm³/mol. The SMILES string of the molecule is CCCNc1cccc(Sc2ccccc2Cl)c1[N+](=O)[O-]. The molecule has 0 radical (unpaired) electrons. The molecule has 0 aliphatic carbocycles. The highest BCUT2D eigenvalue weighted by Gasteiger charge is 2.20. The number of nitro groups is 1. The topological polar surface area (TPSA) is 55.2 Å². The minimum Gasteiger partial charge on any atom is -0.379 e. The van der Waals surface area contributed by atoms with Crippen LogP contribution in [0.1, 0.15) is 13.3 Å². The van der Waals surface area contributed by atoms with Crippen LogP contribution in [-0.2, 0) is 0 Å². The van der Waals surface area contributed by atoms with E-state index >= 15 is 0 Å². The maximum Gasteiger partial charge on any atom is 0.306 e. The van der Waals surface area contributed by atoms with E-state index in [4.69, 9.17) is 11.6 Å². The van der Waals surface area contributed by atoms with Crippen molar-refractivity contribution >= 4 is 34.7 Å². The zero-order chi connectivity index (χ0) is 15.2. The lowest BCUT2D eigenvalue weighted by Crippen LogP contribution is -2.04. The standard InChI is InChI=1S/C15H15ClN2O2S/c1-2-10-17-12-7-5-9-14(15(12)18(19)20)21-13-8-4-3-6-11(13)16/h3-9,17H,2,10H2,1H3. The number of halogens is 1. The molecule has 0 saturated carbocycles. The summed E-state index contributed by atoms with van der Waals surface area (Å²) >= 11 is 7.43. The highest BCUT2D eigenvalue weighted by molar-refractivity contribution is 7.99. The molecule has 2 aromatic rings. The van der Waals surface area contributed by atoms with Gasteiger partial charge in [-0.05, 0) is 30.7 Å². The number of nitrogens with zero attached hydrogens (tertiary/aromatic N) is 1. The van der Waals surface area contributed by atoms with E-state index in [0.29, 0.717) is 22.2 Å². The summed E-state index contributed by atoms with van der Waals surface area (Å²) in [5, 5.41) is 15.1. The van der Waals surface area contributed by atoms with Crippen molar-refractivity contribution in [3.8, 4) is 0 Å². The van der Waals surface area contributed by atoms with E-state index < -0.39 is 0 Å². The molecule has 0 spiro atoms. The normalized spacial score (nSPS) is 10.4. The van der Waals surface area contributed by atoms with Crippen molar-refractivity contribution < 1.29 is 4.92 Å². The lowest BCUT2D eigenvalue weighted by molar-refractivity contribution is -0.386. The van der Waals surface area contributed by atoms with Gasteiger partial charge in [0, 0.05) is 11.4 Å². The summed E-state index contributed by atoms with van der Waals surface area (Å²) in [5.74, 6) is 0. The summed E-state index contributed by atoms with van der Waals surface area (Å²) in [5.41, 5.74) is 0.634. The Morgan fingerprint density at radius 2 is 1.90 bits per heavy atom. The first-order chi connectivity index (χ1) is 10.1. The van der Waals surface area contributed by atoms with E-state index in [1.54, 1.807) is 18.2 Å². The Bertz CT molecular complexity index is 649. The van der Waals surface area contributed by atoms with Gasteiger partial charge in [0.1, 0.15) is 5.69 Å². The molecule has 0 aliphatic rings. The Morgan fingerprint density at radius 3 is 2.57 bits per heavy atom. The van der Waals surface area contributed by atoms with Crippen LogP contribution in [0.3, 0.4) is 0 Å². The van der Waals surface area contributed by atoms with Gasteiger partial charge < -0.3 is 5.32 Å². The van der Waals surface area contributed by atoms with Crippen LogP contribution in [0, 0.1) is 10.1 Å². The van der Waals surface area contributed by atoms with Gasteiger partial charge in [-0.15, -0.1) is 0 Å². The second-order valence-electron chi connectivity index (χ2n) is 4.37. The van der Waals surface area contributed by atoms with Crippen molar-refractivity contribution in [2.45, 2.75) is 23.1 Å². The quantitative estimate of drug-likeness (QED) is 0.585. The number of hydrogen-bond donors (Lipinski definition) is 1. The zero-order valence-corrected chi connectivity index (χ0v) is 13.1. The third-order valence-corrected chi connectivity index (χ3v) is 4.37. The second kappa shape index (κ2) is 7.33. The molecule has 6 heteroatoms. The minimum atomic E-state index is -0.350. The van der Waals surface area contributed by atoms with Gasteiger partial charge in [-0.3, -0.25) is 10.1 Å². The number of benzene rings is 2. The van der Waals surface area contributed by atoms with E-state index in [0.717, 1.165) is 11.3 Å². The van der Waals surface area contributed by atoms with Crippen molar-refractivity contribution in [3.05, 3.63) is 57.6 Å². The van der Waals surface area contributed by atoms with Gasteiger partial charge in [-0.1, -0.05) is 48.5 Å². The van der Waals surface area contributed by atoms with Crippen LogP contribution < -0.4 is 5.32 Å². The van der Waals surface area contributed by atoms with E-state index in [1.807, 2.05) is 31.2 Å². The van der Waals surface area contributed by atoms with Crippen LogP contribution in [0.4, 0.5) is 11.4 Å². The molecule has 110 valence electrons. The number of nitro benzene ring substituents is 1. The van der Waals surface area contributed by atoms with Crippen LogP contribution in [0.15, 0.2) is 52.3 Å². The first kappa shape index (κ1) is 15.7. The number of hydrogen-bond acceptors (Lipinski definition) is 4. The average Bonchev–Trinajstić information content (AvgIpc) is 2.47. The van der Waals surface area contributed by atoms with Crippen LogP contribution in [0.25, 0.3) is 0 Å². The van der Waals surface area contributed by atoms with E-state index in [1.165, 1.54) is 11.8 Å². The average molecular weight is 323 g/mol. The van der Waals surface area contributed by atoms with Crippen molar-refractivity contribution in [2.24, 2.45) is 0 Å². The van der Waals surface area contributed by atoms with E-state index in [2.05, 4.69) is 5.32 Å². The second-order valence-corrected chi connectivity index (χ2v) is 5.86. The molecule has 0 fully saturated rings. The Morgan fingerprint density at radius 1 is 1.19 bits per heavy atom. The van der Waals surface area contributed by atoms with Crippen LogP contribution >= 0.6 is 23.4 Å². The number of nitrogens with one attached hydrogen (secondary N) is 1. The molecule has 2 aromatic carbocycles. The molecule has 0 atom stereocenters. The third kappa shape index (κ3) is 3.89. The summed E-state index contributed by atoms with van der Waals surface area (Å²) in [7, 11) is 0. The molecule has 1 N–H and O–H groups in total. The van der Waals surface area contributed by atoms with Crippen molar-refractivity contribution in [1.29, 1.82) is 0 Å². The van der Waals surface area contributed by atoms with Crippen molar-refractivity contribution in [3.63, 3.8) is 0 Å². The summed E-state index contributed by atoms with van der Waals surface area (Å²) < 4.78 is 0. The lowest BCUT2D eigenvalue weighted by Gasteiger charge is -2.10. The van der Waals surface area contributed by atoms with Crippen LogP contribution in [0.5, 0.6) is 0 Å². The molecule has 0 saturated heterocycles.